The molecule has 1 atom stereocenters. The Bertz CT molecular complexity index is 548. The lowest BCUT2D eigenvalue weighted by Gasteiger charge is -2.15. The number of carboxylic acid groups (broad SMARTS) is 1. The number of alkyl halides is 3. The number of carboxylic acids is 1. The van der Waals surface area contributed by atoms with Gasteiger partial charge in [-0.3, -0.25) is 4.79 Å². The zero-order valence-electron chi connectivity index (χ0n) is 10.4. The molecule has 0 bridgehead atoms. The molecular weight excluding hydrogens is 359 g/mol. The van der Waals surface area contributed by atoms with E-state index in [1.165, 1.54) is 0 Å². The average Bonchev–Trinajstić information content (AvgIpc) is 2.37. The number of carbonyl (C=O) groups excluding carboxylic acids is 1. The van der Waals surface area contributed by atoms with Gasteiger partial charge in [-0.05, 0) is 18.2 Å². The van der Waals surface area contributed by atoms with E-state index in [0.29, 0.717) is 6.07 Å². The van der Waals surface area contributed by atoms with E-state index >= 15 is 0 Å². The fourth-order valence-corrected chi connectivity index (χ4v) is 1.98. The van der Waals surface area contributed by atoms with E-state index in [0.717, 1.165) is 12.1 Å². The third-order valence-corrected chi connectivity index (χ3v) is 3.25. The first-order valence-electron chi connectivity index (χ1n) is 5.68. The summed E-state index contributed by atoms with van der Waals surface area (Å²) in [5, 5.41) is 19.6. The Balaban J connectivity index is 3.00. The quantitative estimate of drug-likeness (QED) is 0.741. The van der Waals surface area contributed by atoms with Crippen molar-refractivity contribution in [2.75, 3.05) is 6.61 Å². The molecule has 1 unspecified atom stereocenters. The summed E-state index contributed by atoms with van der Waals surface area (Å²) in [5.41, 5.74) is -1.36. The molecule has 0 fully saturated rings. The van der Waals surface area contributed by atoms with Gasteiger partial charge in [-0.25, -0.2) is 4.79 Å². The van der Waals surface area contributed by atoms with Crippen molar-refractivity contribution in [3.05, 3.63) is 33.8 Å². The first-order valence-corrected chi connectivity index (χ1v) is 6.47. The van der Waals surface area contributed by atoms with E-state index in [1.54, 1.807) is 0 Å². The van der Waals surface area contributed by atoms with Crippen molar-refractivity contribution < 1.29 is 33.0 Å². The van der Waals surface area contributed by atoms with Crippen molar-refractivity contribution in [2.24, 2.45) is 0 Å². The van der Waals surface area contributed by atoms with E-state index < -0.39 is 36.3 Å². The van der Waals surface area contributed by atoms with Gasteiger partial charge >= 0.3 is 12.1 Å². The van der Waals surface area contributed by atoms with Crippen LogP contribution in [0, 0.1) is 0 Å². The highest BCUT2D eigenvalue weighted by Crippen LogP contribution is 2.35. The summed E-state index contributed by atoms with van der Waals surface area (Å²) in [6.07, 6.45) is -4.89. The third-order valence-electron chi connectivity index (χ3n) is 2.56. The van der Waals surface area contributed by atoms with Crippen LogP contribution in [-0.4, -0.2) is 34.7 Å². The highest BCUT2D eigenvalue weighted by atomic mass is 79.9. The van der Waals surface area contributed by atoms with Crippen molar-refractivity contribution in [1.82, 2.24) is 5.32 Å². The minimum atomic E-state index is -4.65. The number of benzene rings is 1. The second-order valence-corrected chi connectivity index (χ2v) is 4.92. The van der Waals surface area contributed by atoms with Gasteiger partial charge in [-0.2, -0.15) is 13.2 Å². The maximum absolute atomic E-state index is 12.7. The van der Waals surface area contributed by atoms with Gasteiger partial charge in [0.1, 0.15) is 6.04 Å². The molecule has 0 aliphatic heterocycles. The zero-order valence-corrected chi connectivity index (χ0v) is 12.0. The fourth-order valence-electron chi connectivity index (χ4n) is 1.51. The summed E-state index contributed by atoms with van der Waals surface area (Å²) in [4.78, 5) is 22.6. The van der Waals surface area contributed by atoms with Gasteiger partial charge in [0.15, 0.2) is 0 Å². The predicted octanol–water partition coefficient (Wildman–Crippen LogP) is 2.03. The Morgan fingerprint density at radius 3 is 2.43 bits per heavy atom. The molecule has 0 aliphatic carbocycles. The van der Waals surface area contributed by atoms with Crippen LogP contribution in [0.15, 0.2) is 22.7 Å². The molecule has 1 rings (SSSR count). The van der Waals surface area contributed by atoms with Crippen LogP contribution in [0.2, 0.25) is 0 Å². The van der Waals surface area contributed by atoms with E-state index in [9.17, 15) is 22.8 Å². The molecular formula is C12H11BrF3NO4. The summed E-state index contributed by atoms with van der Waals surface area (Å²) in [6, 6.07) is 1.43. The van der Waals surface area contributed by atoms with Crippen LogP contribution in [-0.2, 0) is 11.0 Å². The van der Waals surface area contributed by atoms with Crippen molar-refractivity contribution in [3.63, 3.8) is 0 Å². The van der Waals surface area contributed by atoms with Gasteiger partial charge in [-0.1, -0.05) is 15.9 Å². The normalized spacial score (nSPS) is 12.8. The lowest BCUT2D eigenvalue weighted by Crippen LogP contribution is -2.41. The van der Waals surface area contributed by atoms with Crippen LogP contribution in [0.3, 0.4) is 0 Å². The summed E-state index contributed by atoms with van der Waals surface area (Å²) < 4.78 is 37.9. The Morgan fingerprint density at radius 2 is 1.95 bits per heavy atom. The Hall–Kier alpha value is -1.61. The maximum atomic E-state index is 12.7. The first kappa shape index (κ1) is 17.4. The van der Waals surface area contributed by atoms with Gasteiger partial charge < -0.3 is 15.5 Å². The maximum Gasteiger partial charge on any atom is 0.417 e. The molecule has 5 nitrogen and oxygen atoms in total. The minimum absolute atomic E-state index is 0.225. The molecule has 0 radical (unpaired) electrons. The number of halogens is 4. The lowest BCUT2D eigenvalue weighted by atomic mass is 10.1. The van der Waals surface area contributed by atoms with Crippen LogP contribution >= 0.6 is 15.9 Å². The molecule has 1 amide bonds. The van der Waals surface area contributed by atoms with E-state index in [2.05, 4.69) is 21.2 Å². The minimum Gasteiger partial charge on any atom is -0.480 e. The lowest BCUT2D eigenvalue weighted by molar-refractivity contribution is -0.140. The molecule has 116 valence electrons. The molecule has 1 aromatic rings. The standard InChI is InChI=1S/C12H11BrF3NO4/c13-8-2-1-6(5-7(8)12(14,15)16)10(19)17-9(3-4-18)11(20)21/h1-2,5,9,18H,3-4H2,(H,17,19)(H,20,21). The van der Waals surface area contributed by atoms with Crippen LogP contribution in [0.25, 0.3) is 0 Å². The van der Waals surface area contributed by atoms with Crippen molar-refractivity contribution >= 4 is 27.8 Å². The average molecular weight is 370 g/mol. The van der Waals surface area contributed by atoms with Gasteiger partial charge in [0.2, 0.25) is 0 Å². The predicted molar refractivity (Wildman–Crippen MR) is 69.7 cm³/mol. The van der Waals surface area contributed by atoms with Crippen LogP contribution in [0.5, 0.6) is 0 Å². The van der Waals surface area contributed by atoms with Gasteiger partial charge in [0.05, 0.1) is 5.56 Å². The number of aliphatic carboxylic acids is 1. The van der Waals surface area contributed by atoms with E-state index in [4.69, 9.17) is 10.2 Å². The van der Waals surface area contributed by atoms with E-state index in [-0.39, 0.29) is 16.5 Å². The van der Waals surface area contributed by atoms with E-state index in [1.807, 2.05) is 0 Å². The summed E-state index contributed by atoms with van der Waals surface area (Å²) in [5.74, 6) is -2.35. The molecule has 0 saturated carbocycles. The highest BCUT2D eigenvalue weighted by Gasteiger charge is 2.33. The number of hydrogen-bond acceptors (Lipinski definition) is 3. The molecule has 9 heteroatoms. The molecule has 0 aromatic heterocycles. The van der Waals surface area contributed by atoms with Crippen molar-refractivity contribution in [3.8, 4) is 0 Å². The number of aliphatic hydroxyl groups is 1. The van der Waals surface area contributed by atoms with Crippen LogP contribution in [0.4, 0.5) is 13.2 Å². The second kappa shape index (κ2) is 6.90. The molecule has 0 heterocycles. The first-order chi connectivity index (χ1) is 9.66. The monoisotopic (exact) mass is 369 g/mol. The Kier molecular flexibility index (Phi) is 5.73. The number of rotatable bonds is 5. The molecule has 3 N–H and O–H groups in total. The Labute approximate surface area is 125 Å². The number of nitrogens with one attached hydrogen (secondary N) is 1. The van der Waals surface area contributed by atoms with Crippen LogP contribution < -0.4 is 5.32 Å². The summed E-state index contributed by atoms with van der Waals surface area (Å²) in [6.45, 7) is -0.481. The van der Waals surface area contributed by atoms with Crippen molar-refractivity contribution in [2.45, 2.75) is 18.6 Å². The summed E-state index contributed by atoms with van der Waals surface area (Å²) >= 11 is 2.74. The number of amides is 1. The molecule has 0 spiro atoms. The molecule has 0 aliphatic rings. The largest absolute Gasteiger partial charge is 0.480 e. The summed E-state index contributed by atoms with van der Waals surface area (Å²) in [7, 11) is 0. The SMILES string of the molecule is O=C(NC(CCO)C(=O)O)c1ccc(Br)c(C(F)(F)F)c1. The molecule has 0 saturated heterocycles. The fraction of sp³-hybridized carbons (Fsp3) is 0.333. The zero-order chi connectivity index (χ0) is 16.2. The van der Waals surface area contributed by atoms with Crippen molar-refractivity contribution in [1.29, 1.82) is 0 Å². The third kappa shape index (κ3) is 4.71. The second-order valence-electron chi connectivity index (χ2n) is 4.07. The number of hydrogen-bond donors (Lipinski definition) is 3. The Morgan fingerprint density at radius 1 is 1.33 bits per heavy atom. The van der Waals surface area contributed by atoms with Gasteiger partial charge in [0, 0.05) is 23.1 Å². The molecule has 21 heavy (non-hydrogen) atoms. The smallest absolute Gasteiger partial charge is 0.417 e. The topological polar surface area (TPSA) is 86.6 Å². The van der Waals surface area contributed by atoms with Gasteiger partial charge in [0.25, 0.3) is 5.91 Å². The number of aliphatic hydroxyl groups excluding tert-OH is 1. The molecule has 1 aromatic carbocycles. The number of carbonyl (C=O) groups is 2. The highest BCUT2D eigenvalue weighted by molar-refractivity contribution is 9.10. The van der Waals surface area contributed by atoms with Crippen LogP contribution in [0.1, 0.15) is 22.3 Å². The van der Waals surface area contributed by atoms with Gasteiger partial charge in [-0.15, -0.1) is 0 Å².